The van der Waals surface area contributed by atoms with Crippen LogP contribution in [-0.2, 0) is 9.59 Å². The van der Waals surface area contributed by atoms with Gasteiger partial charge >= 0.3 is 0 Å². The highest BCUT2D eigenvalue weighted by Crippen LogP contribution is 2.36. The van der Waals surface area contributed by atoms with Crippen LogP contribution in [0.2, 0.25) is 0 Å². The highest BCUT2D eigenvalue weighted by Gasteiger charge is 2.38. The molecular formula is C10H3Br2Cl2NO2. The van der Waals surface area contributed by atoms with Crippen molar-refractivity contribution in [3.05, 3.63) is 37.2 Å². The summed E-state index contributed by atoms with van der Waals surface area (Å²) in [7, 11) is 0. The number of anilines is 1. The topological polar surface area (TPSA) is 37.4 Å². The smallest absolute Gasteiger partial charge is 0.267 e. The molecule has 7 heteroatoms. The summed E-state index contributed by atoms with van der Waals surface area (Å²) in [4.78, 5) is 24.5. The molecule has 0 N–H and O–H groups in total. The first-order valence-corrected chi connectivity index (χ1v) is 6.66. The van der Waals surface area contributed by atoms with Crippen LogP contribution in [0.3, 0.4) is 0 Å². The number of hydrogen-bond acceptors (Lipinski definition) is 2. The third-order valence-electron chi connectivity index (χ3n) is 2.13. The number of halogens is 4. The predicted octanol–water partition coefficient (Wildman–Crippen LogP) is 3.77. The normalized spacial score (nSPS) is 16.1. The van der Waals surface area contributed by atoms with Gasteiger partial charge in [0.25, 0.3) is 11.8 Å². The van der Waals surface area contributed by atoms with Gasteiger partial charge in [-0.05, 0) is 34.1 Å². The number of amides is 2. The third kappa shape index (κ3) is 2.17. The molecular weight excluding hydrogens is 397 g/mol. The molecule has 0 aliphatic carbocycles. The summed E-state index contributed by atoms with van der Waals surface area (Å²) in [5.41, 5.74) is 0.400. The maximum Gasteiger partial charge on any atom is 0.278 e. The fourth-order valence-electron chi connectivity index (χ4n) is 1.36. The van der Waals surface area contributed by atoms with Crippen LogP contribution in [0.1, 0.15) is 0 Å². The minimum absolute atomic E-state index is 0.258. The Kier molecular flexibility index (Phi) is 3.63. The molecule has 0 fully saturated rings. The molecule has 0 spiro atoms. The Morgan fingerprint density at radius 1 is 1.00 bits per heavy atom. The van der Waals surface area contributed by atoms with Crippen molar-refractivity contribution in [2.24, 2.45) is 0 Å². The SMILES string of the molecule is O=C1C(Cl)=C(Cl)C(=O)N1c1ccc(Br)cc1Br. The van der Waals surface area contributed by atoms with Crippen LogP contribution in [-0.4, -0.2) is 11.8 Å². The minimum Gasteiger partial charge on any atom is -0.267 e. The van der Waals surface area contributed by atoms with Gasteiger partial charge in [-0.15, -0.1) is 0 Å². The Bertz CT molecular complexity index is 547. The van der Waals surface area contributed by atoms with E-state index in [0.29, 0.717) is 10.2 Å². The first kappa shape index (κ1) is 13.1. The van der Waals surface area contributed by atoms with Crippen molar-refractivity contribution in [1.29, 1.82) is 0 Å². The molecule has 1 aliphatic rings. The van der Waals surface area contributed by atoms with Crippen LogP contribution in [0.15, 0.2) is 37.2 Å². The van der Waals surface area contributed by atoms with Gasteiger partial charge < -0.3 is 0 Å². The van der Waals surface area contributed by atoms with E-state index in [-0.39, 0.29) is 10.1 Å². The summed E-state index contributed by atoms with van der Waals surface area (Å²) >= 11 is 17.8. The van der Waals surface area contributed by atoms with Gasteiger partial charge in [0.1, 0.15) is 10.1 Å². The molecule has 1 aromatic carbocycles. The maximum absolute atomic E-state index is 11.8. The second kappa shape index (κ2) is 4.72. The van der Waals surface area contributed by atoms with E-state index in [9.17, 15) is 9.59 Å². The van der Waals surface area contributed by atoms with E-state index >= 15 is 0 Å². The van der Waals surface area contributed by atoms with Gasteiger partial charge in [0, 0.05) is 8.95 Å². The summed E-state index contributed by atoms with van der Waals surface area (Å²) in [6, 6.07) is 5.04. The van der Waals surface area contributed by atoms with Crippen molar-refractivity contribution in [3.63, 3.8) is 0 Å². The standard InChI is InChI=1S/C10H3Br2Cl2NO2/c11-4-1-2-6(5(12)3-4)15-9(16)7(13)8(14)10(15)17/h1-3H. The van der Waals surface area contributed by atoms with Crippen molar-refractivity contribution >= 4 is 72.6 Å². The summed E-state index contributed by atoms with van der Waals surface area (Å²) in [6.07, 6.45) is 0. The Morgan fingerprint density at radius 3 is 2.00 bits per heavy atom. The van der Waals surface area contributed by atoms with Gasteiger partial charge in [-0.1, -0.05) is 39.1 Å². The van der Waals surface area contributed by atoms with E-state index in [4.69, 9.17) is 23.2 Å². The fraction of sp³-hybridized carbons (Fsp3) is 0. The number of carbonyl (C=O) groups is 2. The van der Waals surface area contributed by atoms with E-state index in [1.807, 2.05) is 0 Å². The van der Waals surface area contributed by atoms with Crippen molar-refractivity contribution in [2.45, 2.75) is 0 Å². The molecule has 88 valence electrons. The van der Waals surface area contributed by atoms with Crippen LogP contribution < -0.4 is 4.90 Å². The molecule has 0 saturated carbocycles. The number of rotatable bonds is 1. The lowest BCUT2D eigenvalue weighted by molar-refractivity contribution is -0.120. The highest BCUT2D eigenvalue weighted by molar-refractivity contribution is 9.11. The zero-order valence-electron chi connectivity index (χ0n) is 8.01. The van der Waals surface area contributed by atoms with Crippen LogP contribution in [0.4, 0.5) is 5.69 Å². The van der Waals surface area contributed by atoms with Gasteiger partial charge in [0.15, 0.2) is 0 Å². The molecule has 0 bridgehead atoms. The monoisotopic (exact) mass is 397 g/mol. The molecule has 0 atom stereocenters. The number of hydrogen-bond donors (Lipinski definition) is 0. The molecule has 1 aliphatic heterocycles. The zero-order chi connectivity index (χ0) is 12.7. The lowest BCUT2D eigenvalue weighted by Gasteiger charge is -2.15. The van der Waals surface area contributed by atoms with Gasteiger partial charge in [-0.25, -0.2) is 4.90 Å². The van der Waals surface area contributed by atoms with Gasteiger partial charge in [-0.3, -0.25) is 9.59 Å². The van der Waals surface area contributed by atoms with E-state index in [1.54, 1.807) is 18.2 Å². The number of nitrogens with zero attached hydrogens (tertiary/aromatic N) is 1. The lowest BCUT2D eigenvalue weighted by Crippen LogP contribution is -2.31. The van der Waals surface area contributed by atoms with E-state index in [2.05, 4.69) is 31.9 Å². The molecule has 0 aromatic heterocycles. The van der Waals surface area contributed by atoms with Crippen LogP contribution in [0.5, 0.6) is 0 Å². The number of imide groups is 1. The number of benzene rings is 1. The highest BCUT2D eigenvalue weighted by atomic mass is 79.9. The largest absolute Gasteiger partial charge is 0.278 e. The Hall–Kier alpha value is -0.360. The maximum atomic E-state index is 11.8. The predicted molar refractivity (Wildman–Crippen MR) is 73.1 cm³/mol. The number of carbonyl (C=O) groups excluding carboxylic acids is 2. The van der Waals surface area contributed by atoms with Crippen LogP contribution in [0, 0.1) is 0 Å². The molecule has 1 heterocycles. The Morgan fingerprint density at radius 2 is 1.53 bits per heavy atom. The fourth-order valence-corrected chi connectivity index (χ4v) is 2.91. The summed E-state index contributed by atoms with van der Waals surface area (Å²) in [6.45, 7) is 0. The molecule has 2 rings (SSSR count). The summed E-state index contributed by atoms with van der Waals surface area (Å²) < 4.78 is 1.40. The second-order valence-corrected chi connectivity index (χ2v) is 5.70. The average Bonchev–Trinajstić information content (AvgIpc) is 2.45. The first-order chi connectivity index (χ1) is 7.93. The molecule has 1 aromatic rings. The van der Waals surface area contributed by atoms with Crippen molar-refractivity contribution < 1.29 is 9.59 Å². The summed E-state index contributed by atoms with van der Waals surface area (Å²) in [5.74, 6) is -1.24. The van der Waals surface area contributed by atoms with Crippen LogP contribution >= 0.6 is 55.1 Å². The molecule has 0 unspecified atom stereocenters. The van der Waals surface area contributed by atoms with Crippen molar-refractivity contribution in [1.82, 2.24) is 0 Å². The van der Waals surface area contributed by atoms with E-state index < -0.39 is 11.8 Å². The van der Waals surface area contributed by atoms with Gasteiger partial charge in [0.05, 0.1) is 5.69 Å². The average molecular weight is 400 g/mol. The van der Waals surface area contributed by atoms with Crippen molar-refractivity contribution in [2.75, 3.05) is 4.90 Å². The lowest BCUT2D eigenvalue weighted by atomic mass is 10.3. The second-order valence-electron chi connectivity index (χ2n) is 3.17. The minimum atomic E-state index is -0.621. The van der Waals surface area contributed by atoms with Crippen molar-refractivity contribution in [3.8, 4) is 0 Å². The quantitative estimate of drug-likeness (QED) is 0.674. The van der Waals surface area contributed by atoms with Gasteiger partial charge in [-0.2, -0.15) is 0 Å². The first-order valence-electron chi connectivity index (χ1n) is 4.32. The molecule has 3 nitrogen and oxygen atoms in total. The van der Waals surface area contributed by atoms with Gasteiger partial charge in [0.2, 0.25) is 0 Å². The molecule has 0 radical (unpaired) electrons. The summed E-state index contributed by atoms with van der Waals surface area (Å²) in [5, 5.41) is -0.516. The molecule has 17 heavy (non-hydrogen) atoms. The van der Waals surface area contributed by atoms with Crippen LogP contribution in [0.25, 0.3) is 0 Å². The van der Waals surface area contributed by atoms with E-state index in [1.165, 1.54) is 0 Å². The molecule has 0 saturated heterocycles. The van der Waals surface area contributed by atoms with E-state index in [0.717, 1.165) is 9.37 Å². The third-order valence-corrected chi connectivity index (χ3v) is 4.05. The Labute approximate surface area is 124 Å². The molecule has 2 amide bonds. The Balaban J connectivity index is 2.50. The zero-order valence-corrected chi connectivity index (χ0v) is 12.7.